The molecule has 84 valence electrons. The van der Waals surface area contributed by atoms with Gasteiger partial charge in [0.05, 0.1) is 0 Å². The summed E-state index contributed by atoms with van der Waals surface area (Å²) in [5.74, 6) is 0.442. The van der Waals surface area contributed by atoms with Crippen LogP contribution in [0.3, 0.4) is 0 Å². The van der Waals surface area contributed by atoms with Crippen molar-refractivity contribution in [2.24, 2.45) is 11.7 Å². The molecule has 0 aliphatic heterocycles. The van der Waals surface area contributed by atoms with Crippen molar-refractivity contribution in [2.75, 3.05) is 20.3 Å². The van der Waals surface area contributed by atoms with Crippen LogP contribution in [0, 0.1) is 5.92 Å². The molecule has 4 heteroatoms. The first-order valence-corrected chi connectivity index (χ1v) is 5.10. The third-order valence-corrected chi connectivity index (χ3v) is 2.16. The first-order chi connectivity index (χ1) is 6.61. The maximum Gasteiger partial charge on any atom is 0.220 e. The van der Waals surface area contributed by atoms with Gasteiger partial charge in [0, 0.05) is 32.7 Å². The van der Waals surface area contributed by atoms with Crippen molar-refractivity contribution in [1.82, 2.24) is 5.32 Å². The fraction of sp³-hybridized carbons (Fsp3) is 0.900. The van der Waals surface area contributed by atoms with Crippen LogP contribution >= 0.6 is 0 Å². The van der Waals surface area contributed by atoms with Crippen LogP contribution in [0.2, 0.25) is 0 Å². The highest BCUT2D eigenvalue weighted by atomic mass is 16.5. The molecule has 0 rings (SSSR count). The minimum absolute atomic E-state index is 0.0613. The monoisotopic (exact) mass is 202 g/mol. The van der Waals surface area contributed by atoms with Gasteiger partial charge in [0.25, 0.3) is 0 Å². The fourth-order valence-electron chi connectivity index (χ4n) is 1.15. The van der Waals surface area contributed by atoms with Gasteiger partial charge in [-0.15, -0.1) is 0 Å². The molecule has 0 aromatic carbocycles. The molecule has 0 aromatic heterocycles. The molecule has 0 aliphatic rings. The van der Waals surface area contributed by atoms with Crippen LogP contribution in [0.25, 0.3) is 0 Å². The second-order valence-electron chi connectivity index (χ2n) is 3.75. The predicted molar refractivity (Wildman–Crippen MR) is 56.9 cm³/mol. The van der Waals surface area contributed by atoms with Crippen molar-refractivity contribution < 1.29 is 9.53 Å². The fourth-order valence-corrected chi connectivity index (χ4v) is 1.15. The first kappa shape index (κ1) is 13.4. The van der Waals surface area contributed by atoms with E-state index in [1.54, 1.807) is 7.11 Å². The minimum Gasteiger partial charge on any atom is -0.385 e. The van der Waals surface area contributed by atoms with E-state index in [1.165, 1.54) is 0 Å². The molecule has 0 bridgehead atoms. The summed E-state index contributed by atoms with van der Waals surface area (Å²) in [5.41, 5.74) is 5.54. The van der Waals surface area contributed by atoms with Crippen molar-refractivity contribution in [3.8, 4) is 0 Å². The highest BCUT2D eigenvalue weighted by molar-refractivity contribution is 5.76. The van der Waals surface area contributed by atoms with E-state index in [4.69, 9.17) is 10.5 Å². The van der Waals surface area contributed by atoms with E-state index in [0.29, 0.717) is 25.5 Å². The number of carbonyl (C=O) groups excluding carboxylic acids is 1. The van der Waals surface area contributed by atoms with Crippen LogP contribution in [0.5, 0.6) is 0 Å². The van der Waals surface area contributed by atoms with Crippen LogP contribution in [0.15, 0.2) is 0 Å². The van der Waals surface area contributed by atoms with E-state index < -0.39 is 0 Å². The van der Waals surface area contributed by atoms with Gasteiger partial charge >= 0.3 is 0 Å². The molecule has 3 N–H and O–H groups in total. The lowest BCUT2D eigenvalue weighted by molar-refractivity contribution is -0.122. The highest BCUT2D eigenvalue weighted by Crippen LogP contribution is 2.00. The van der Waals surface area contributed by atoms with E-state index in [2.05, 4.69) is 5.32 Å². The summed E-state index contributed by atoms with van der Waals surface area (Å²) in [5, 5.41) is 2.91. The largest absolute Gasteiger partial charge is 0.385 e. The Labute approximate surface area is 86.2 Å². The molecule has 0 saturated carbocycles. The minimum atomic E-state index is 0.0613. The summed E-state index contributed by atoms with van der Waals surface area (Å²) < 4.78 is 4.87. The Morgan fingerprint density at radius 1 is 1.50 bits per heavy atom. The van der Waals surface area contributed by atoms with Crippen LogP contribution in [0.4, 0.5) is 0 Å². The number of rotatable bonds is 7. The summed E-state index contributed by atoms with van der Waals surface area (Å²) in [6, 6.07) is 0.0880. The van der Waals surface area contributed by atoms with Crippen LogP contribution in [-0.4, -0.2) is 32.2 Å². The molecule has 0 saturated heterocycles. The number of hydrogen-bond acceptors (Lipinski definition) is 3. The lowest BCUT2D eigenvalue weighted by Gasteiger charge is -2.20. The van der Waals surface area contributed by atoms with Crippen LogP contribution in [0.1, 0.15) is 26.7 Å². The zero-order valence-electron chi connectivity index (χ0n) is 9.38. The summed E-state index contributed by atoms with van der Waals surface area (Å²) in [6.07, 6.45) is 1.27. The maximum atomic E-state index is 11.4. The molecule has 0 fully saturated rings. The van der Waals surface area contributed by atoms with E-state index in [9.17, 15) is 4.79 Å². The number of nitrogens with two attached hydrogens (primary N) is 1. The van der Waals surface area contributed by atoms with Crippen molar-refractivity contribution >= 4 is 5.91 Å². The molecule has 0 aliphatic carbocycles. The van der Waals surface area contributed by atoms with E-state index in [1.807, 2.05) is 13.8 Å². The lowest BCUT2D eigenvalue weighted by atomic mass is 10.0. The average Bonchev–Trinajstić information content (AvgIpc) is 2.14. The Morgan fingerprint density at radius 3 is 2.57 bits per heavy atom. The van der Waals surface area contributed by atoms with Crippen LogP contribution < -0.4 is 11.1 Å². The Hall–Kier alpha value is -0.610. The molecule has 4 nitrogen and oxygen atoms in total. The predicted octanol–water partition coefficient (Wildman–Crippen LogP) is 0.513. The molecule has 0 radical (unpaired) electrons. The van der Waals surface area contributed by atoms with Gasteiger partial charge in [0.15, 0.2) is 0 Å². The van der Waals surface area contributed by atoms with Crippen molar-refractivity contribution in [3.63, 3.8) is 0 Å². The van der Waals surface area contributed by atoms with Gasteiger partial charge in [0.1, 0.15) is 0 Å². The molecule has 1 unspecified atom stereocenters. The third-order valence-electron chi connectivity index (χ3n) is 2.16. The number of ether oxygens (including phenoxy) is 1. The summed E-state index contributed by atoms with van der Waals surface area (Å²) in [4.78, 5) is 11.4. The summed E-state index contributed by atoms with van der Waals surface area (Å²) >= 11 is 0. The molecule has 0 aromatic rings. The first-order valence-electron chi connectivity index (χ1n) is 5.10. The van der Waals surface area contributed by atoms with E-state index in [0.717, 1.165) is 6.42 Å². The topological polar surface area (TPSA) is 64.3 Å². The number of methoxy groups -OCH3 is 1. The highest BCUT2D eigenvalue weighted by Gasteiger charge is 2.13. The maximum absolute atomic E-state index is 11.4. The molecular formula is C10H22N2O2. The van der Waals surface area contributed by atoms with Crippen molar-refractivity contribution in [3.05, 3.63) is 0 Å². The van der Waals surface area contributed by atoms with Gasteiger partial charge in [-0.2, -0.15) is 0 Å². The normalized spacial score (nSPS) is 12.9. The zero-order valence-corrected chi connectivity index (χ0v) is 9.38. The van der Waals surface area contributed by atoms with Gasteiger partial charge < -0.3 is 15.8 Å². The number of carbonyl (C=O) groups is 1. The van der Waals surface area contributed by atoms with Gasteiger partial charge in [-0.25, -0.2) is 0 Å². The molecule has 1 amide bonds. The van der Waals surface area contributed by atoms with Gasteiger partial charge in [-0.1, -0.05) is 13.8 Å². The van der Waals surface area contributed by atoms with Crippen molar-refractivity contribution in [1.29, 1.82) is 0 Å². The molecule has 0 heterocycles. The number of amides is 1. The third kappa shape index (κ3) is 5.94. The molecule has 14 heavy (non-hydrogen) atoms. The second kappa shape index (κ2) is 7.76. The van der Waals surface area contributed by atoms with E-state index >= 15 is 0 Å². The lowest BCUT2D eigenvalue weighted by Crippen LogP contribution is -2.43. The SMILES string of the molecule is COCCCC(=O)NC(CN)C(C)C. The summed E-state index contributed by atoms with van der Waals surface area (Å²) in [6.45, 7) is 5.22. The van der Waals surface area contributed by atoms with Gasteiger partial charge in [-0.05, 0) is 12.3 Å². The Morgan fingerprint density at radius 2 is 2.14 bits per heavy atom. The average molecular weight is 202 g/mol. The Balaban J connectivity index is 3.68. The van der Waals surface area contributed by atoms with Gasteiger partial charge in [0.2, 0.25) is 5.91 Å². The Kier molecular flexibility index (Phi) is 7.42. The standard InChI is InChI=1S/C10H22N2O2/c1-8(2)9(7-11)12-10(13)5-4-6-14-3/h8-9H,4-7,11H2,1-3H3,(H,12,13). The molecule has 1 atom stereocenters. The molecular weight excluding hydrogens is 180 g/mol. The van der Waals surface area contributed by atoms with Crippen LogP contribution in [-0.2, 0) is 9.53 Å². The Bertz CT molecular complexity index is 160. The smallest absolute Gasteiger partial charge is 0.220 e. The number of hydrogen-bond donors (Lipinski definition) is 2. The summed E-state index contributed by atoms with van der Waals surface area (Å²) in [7, 11) is 1.63. The molecule has 0 spiro atoms. The second-order valence-corrected chi connectivity index (χ2v) is 3.75. The number of nitrogens with one attached hydrogen (secondary N) is 1. The zero-order chi connectivity index (χ0) is 11.0. The quantitative estimate of drug-likeness (QED) is 0.591. The van der Waals surface area contributed by atoms with Crippen molar-refractivity contribution in [2.45, 2.75) is 32.7 Å². The van der Waals surface area contributed by atoms with Gasteiger partial charge in [-0.3, -0.25) is 4.79 Å². The van der Waals surface area contributed by atoms with E-state index in [-0.39, 0.29) is 11.9 Å².